The molecule has 1 aromatic rings. The number of carbonyl (C=O) groups is 1. The fourth-order valence-electron chi connectivity index (χ4n) is 3.05. The topological polar surface area (TPSA) is 47.6 Å². The standard InChI is InChI=1S/C16H21NO3/c1-11-3-2-4-12(9-11)16(18)17-13-5-6-14-15(10-13)20-8-7-19-14/h2-4,9,13-15H,5-8,10H2,1H3,(H,17,18). The molecule has 1 N–H and O–H groups in total. The van der Waals surface area contributed by atoms with Crippen molar-refractivity contribution >= 4 is 5.91 Å². The Morgan fingerprint density at radius 2 is 2.00 bits per heavy atom. The van der Waals surface area contributed by atoms with Gasteiger partial charge in [-0.25, -0.2) is 0 Å². The lowest BCUT2D eigenvalue weighted by atomic mass is 9.89. The Hall–Kier alpha value is -1.39. The Morgan fingerprint density at radius 1 is 1.20 bits per heavy atom. The van der Waals surface area contributed by atoms with Crippen LogP contribution in [-0.4, -0.2) is 37.4 Å². The fourth-order valence-corrected chi connectivity index (χ4v) is 3.05. The van der Waals surface area contributed by atoms with Crippen LogP contribution >= 0.6 is 0 Å². The third-order valence-electron chi connectivity index (χ3n) is 4.09. The summed E-state index contributed by atoms with van der Waals surface area (Å²) in [6.45, 7) is 3.36. The van der Waals surface area contributed by atoms with Crippen molar-refractivity contribution < 1.29 is 14.3 Å². The van der Waals surface area contributed by atoms with E-state index in [1.54, 1.807) is 0 Å². The molecule has 1 aromatic carbocycles. The summed E-state index contributed by atoms with van der Waals surface area (Å²) in [6, 6.07) is 7.87. The van der Waals surface area contributed by atoms with Crippen molar-refractivity contribution in [3.05, 3.63) is 35.4 Å². The van der Waals surface area contributed by atoms with Crippen molar-refractivity contribution in [2.24, 2.45) is 0 Å². The van der Waals surface area contributed by atoms with E-state index in [1.165, 1.54) is 0 Å². The van der Waals surface area contributed by atoms with Gasteiger partial charge >= 0.3 is 0 Å². The number of hydrogen-bond acceptors (Lipinski definition) is 3. The van der Waals surface area contributed by atoms with Gasteiger partial charge in [0.15, 0.2) is 0 Å². The van der Waals surface area contributed by atoms with E-state index in [2.05, 4.69) is 5.32 Å². The summed E-state index contributed by atoms with van der Waals surface area (Å²) in [7, 11) is 0. The molecule has 0 aromatic heterocycles. The molecule has 1 aliphatic carbocycles. The quantitative estimate of drug-likeness (QED) is 0.898. The van der Waals surface area contributed by atoms with Gasteiger partial charge in [-0.15, -0.1) is 0 Å². The third kappa shape index (κ3) is 3.02. The van der Waals surface area contributed by atoms with E-state index in [0.717, 1.165) is 30.4 Å². The molecule has 1 saturated heterocycles. The van der Waals surface area contributed by atoms with Crippen LogP contribution in [0.3, 0.4) is 0 Å². The number of ether oxygens (including phenoxy) is 2. The van der Waals surface area contributed by atoms with Gasteiger partial charge in [0.25, 0.3) is 5.91 Å². The van der Waals surface area contributed by atoms with Crippen LogP contribution in [0.25, 0.3) is 0 Å². The molecule has 3 rings (SSSR count). The zero-order valence-electron chi connectivity index (χ0n) is 11.8. The van der Waals surface area contributed by atoms with Crippen molar-refractivity contribution in [2.45, 2.75) is 44.4 Å². The summed E-state index contributed by atoms with van der Waals surface area (Å²) in [6.07, 6.45) is 3.13. The molecular formula is C16H21NO3. The molecule has 1 heterocycles. The summed E-state index contributed by atoms with van der Waals surface area (Å²) in [5.41, 5.74) is 1.83. The monoisotopic (exact) mass is 275 g/mol. The van der Waals surface area contributed by atoms with E-state index < -0.39 is 0 Å². The highest BCUT2D eigenvalue weighted by molar-refractivity contribution is 5.94. The second-order valence-electron chi connectivity index (χ2n) is 5.67. The number of benzene rings is 1. The number of carbonyl (C=O) groups excluding carboxylic acids is 1. The minimum absolute atomic E-state index is 0.00822. The van der Waals surface area contributed by atoms with Crippen molar-refractivity contribution in [2.75, 3.05) is 13.2 Å². The summed E-state index contributed by atoms with van der Waals surface area (Å²) in [5, 5.41) is 3.12. The van der Waals surface area contributed by atoms with E-state index in [9.17, 15) is 4.79 Å². The Kier molecular flexibility index (Phi) is 4.03. The molecule has 2 aliphatic rings. The van der Waals surface area contributed by atoms with Crippen LogP contribution < -0.4 is 5.32 Å². The molecule has 1 saturated carbocycles. The van der Waals surface area contributed by atoms with Crippen molar-refractivity contribution in [1.29, 1.82) is 0 Å². The first-order valence-electron chi connectivity index (χ1n) is 7.33. The average molecular weight is 275 g/mol. The predicted molar refractivity (Wildman–Crippen MR) is 75.8 cm³/mol. The van der Waals surface area contributed by atoms with Crippen molar-refractivity contribution in [3.63, 3.8) is 0 Å². The van der Waals surface area contributed by atoms with Crippen LogP contribution in [0.1, 0.15) is 35.2 Å². The lowest BCUT2D eigenvalue weighted by Gasteiger charge is -2.39. The SMILES string of the molecule is Cc1cccc(C(=O)NC2CCC3OCCOC3C2)c1. The highest BCUT2D eigenvalue weighted by atomic mass is 16.6. The van der Waals surface area contributed by atoms with Crippen LogP contribution in [0.15, 0.2) is 24.3 Å². The molecule has 3 unspecified atom stereocenters. The van der Waals surface area contributed by atoms with Crippen molar-refractivity contribution in [3.8, 4) is 0 Å². The van der Waals surface area contributed by atoms with Crippen LogP contribution in [0.5, 0.6) is 0 Å². The van der Waals surface area contributed by atoms with Crippen LogP contribution in [0, 0.1) is 6.92 Å². The van der Waals surface area contributed by atoms with Crippen LogP contribution in [0.2, 0.25) is 0 Å². The maximum atomic E-state index is 12.2. The van der Waals surface area contributed by atoms with E-state index in [4.69, 9.17) is 9.47 Å². The molecule has 0 radical (unpaired) electrons. The lowest BCUT2D eigenvalue weighted by Crippen LogP contribution is -2.49. The van der Waals surface area contributed by atoms with Gasteiger partial charge in [-0.2, -0.15) is 0 Å². The zero-order valence-corrected chi connectivity index (χ0v) is 11.8. The smallest absolute Gasteiger partial charge is 0.251 e. The second-order valence-corrected chi connectivity index (χ2v) is 5.67. The highest BCUT2D eigenvalue weighted by Crippen LogP contribution is 2.26. The molecule has 108 valence electrons. The van der Waals surface area contributed by atoms with Gasteiger partial charge in [-0.1, -0.05) is 17.7 Å². The van der Waals surface area contributed by atoms with Gasteiger partial charge in [0, 0.05) is 11.6 Å². The zero-order chi connectivity index (χ0) is 13.9. The number of fused-ring (bicyclic) bond motifs is 1. The van der Waals surface area contributed by atoms with E-state index in [-0.39, 0.29) is 24.2 Å². The first-order valence-corrected chi connectivity index (χ1v) is 7.33. The van der Waals surface area contributed by atoms with E-state index in [1.807, 2.05) is 31.2 Å². The Labute approximate surface area is 119 Å². The predicted octanol–water partition coefficient (Wildman–Crippen LogP) is 2.06. The maximum Gasteiger partial charge on any atom is 0.251 e. The van der Waals surface area contributed by atoms with Gasteiger partial charge < -0.3 is 14.8 Å². The average Bonchev–Trinajstić information content (AvgIpc) is 2.47. The molecule has 0 bridgehead atoms. The van der Waals surface area contributed by atoms with Gasteiger partial charge in [0.05, 0.1) is 25.4 Å². The van der Waals surface area contributed by atoms with Gasteiger partial charge in [0.2, 0.25) is 0 Å². The second kappa shape index (κ2) is 5.94. The molecule has 4 nitrogen and oxygen atoms in total. The number of amides is 1. The molecule has 4 heteroatoms. The number of rotatable bonds is 2. The van der Waals surface area contributed by atoms with Gasteiger partial charge in [-0.3, -0.25) is 4.79 Å². The first-order chi connectivity index (χ1) is 9.72. The Balaban J connectivity index is 1.59. The number of hydrogen-bond donors (Lipinski definition) is 1. The Bertz CT molecular complexity index is 488. The molecule has 20 heavy (non-hydrogen) atoms. The van der Waals surface area contributed by atoms with Gasteiger partial charge in [-0.05, 0) is 38.3 Å². The molecule has 2 fully saturated rings. The molecular weight excluding hydrogens is 254 g/mol. The minimum atomic E-state index is 0.00822. The van der Waals surface area contributed by atoms with E-state index in [0.29, 0.717) is 13.2 Å². The molecule has 3 atom stereocenters. The largest absolute Gasteiger partial charge is 0.373 e. The highest BCUT2D eigenvalue weighted by Gasteiger charge is 2.34. The number of nitrogens with one attached hydrogen (secondary N) is 1. The summed E-state index contributed by atoms with van der Waals surface area (Å²) >= 11 is 0. The minimum Gasteiger partial charge on any atom is -0.373 e. The summed E-state index contributed by atoms with van der Waals surface area (Å²) in [5.74, 6) is 0.00822. The normalized spacial score (nSPS) is 29.6. The molecule has 1 amide bonds. The molecule has 1 aliphatic heterocycles. The third-order valence-corrected chi connectivity index (χ3v) is 4.09. The maximum absolute atomic E-state index is 12.2. The molecule has 0 spiro atoms. The van der Waals surface area contributed by atoms with Crippen molar-refractivity contribution in [1.82, 2.24) is 5.32 Å². The van der Waals surface area contributed by atoms with Crippen LogP contribution in [0.4, 0.5) is 0 Å². The fraction of sp³-hybridized carbons (Fsp3) is 0.562. The number of aryl methyl sites for hydroxylation is 1. The summed E-state index contributed by atoms with van der Waals surface area (Å²) < 4.78 is 11.4. The van der Waals surface area contributed by atoms with Gasteiger partial charge in [0.1, 0.15) is 0 Å². The first kappa shape index (κ1) is 13.6. The summed E-state index contributed by atoms with van der Waals surface area (Å²) in [4.78, 5) is 12.2. The van der Waals surface area contributed by atoms with E-state index >= 15 is 0 Å². The Morgan fingerprint density at radius 3 is 2.80 bits per heavy atom. The lowest BCUT2D eigenvalue weighted by molar-refractivity contribution is -0.157. The van der Waals surface area contributed by atoms with Crippen LogP contribution in [-0.2, 0) is 9.47 Å².